The number of rotatable bonds is 76. The molecule has 8 N–H and O–H groups in total. The quantitative estimate of drug-likeness (QED) is 0.0221. The Bertz CT molecular complexity index is 2040. The third-order valence-corrected chi connectivity index (χ3v) is 12.6. The van der Waals surface area contributed by atoms with Gasteiger partial charge in [-0.2, -0.15) is 0 Å². The highest BCUT2D eigenvalue weighted by atomic mass is 16.6. The fourth-order valence-corrected chi connectivity index (χ4v) is 7.63. The maximum atomic E-state index is 13.5. The van der Waals surface area contributed by atoms with Crippen molar-refractivity contribution >= 4 is 59.3 Å². The van der Waals surface area contributed by atoms with Gasteiger partial charge in [-0.05, 0) is 0 Å². The van der Waals surface area contributed by atoms with E-state index in [-0.39, 0.29) is 207 Å². The molecule has 0 fully saturated rings. The first-order chi connectivity index (χ1) is 48.1. The summed E-state index contributed by atoms with van der Waals surface area (Å²) >= 11 is 0. The van der Waals surface area contributed by atoms with Gasteiger partial charge in [-0.1, -0.05) is 0 Å². The van der Waals surface area contributed by atoms with Gasteiger partial charge in [0.25, 0.3) is 11.8 Å². The molecule has 1 aliphatic rings. The van der Waals surface area contributed by atoms with Crippen LogP contribution in [0.5, 0.6) is 0 Å². The molecule has 0 spiro atoms. The van der Waals surface area contributed by atoms with Gasteiger partial charge in [0, 0.05) is 77.0 Å². The van der Waals surface area contributed by atoms with Crippen molar-refractivity contribution in [1.29, 1.82) is 0 Å². The van der Waals surface area contributed by atoms with Crippen molar-refractivity contribution in [2.45, 2.75) is 56.9 Å². The Kier molecular flexibility index (Phi) is 61.1. The van der Waals surface area contributed by atoms with E-state index in [2.05, 4.69) is 26.6 Å². The van der Waals surface area contributed by atoms with Gasteiger partial charge in [0.05, 0.1) is 257 Å². The van der Waals surface area contributed by atoms with Gasteiger partial charge in [-0.25, -0.2) is 0 Å². The lowest BCUT2D eigenvalue weighted by atomic mass is 10.0. The predicted octanol–water partition coefficient (Wildman–Crippen LogP) is -3.10. The van der Waals surface area contributed by atoms with E-state index in [4.69, 9.17) is 101 Å². The maximum absolute atomic E-state index is 13.5. The molecule has 0 saturated carbocycles. The Labute approximate surface area is 577 Å². The van der Waals surface area contributed by atoms with E-state index in [1.54, 1.807) is 0 Å². The first-order valence-corrected chi connectivity index (χ1v) is 33.1. The third kappa shape index (κ3) is 61.5. The molecule has 0 atom stereocenters. The minimum absolute atomic E-state index is 0.00182. The number of carboxylic acids is 3. The molecule has 1 aliphatic heterocycles. The summed E-state index contributed by atoms with van der Waals surface area (Å²) in [6, 6.07) is 0. The second-order valence-corrected chi connectivity index (χ2v) is 20.9. The Hall–Kier alpha value is -6.08. The highest BCUT2D eigenvalue weighted by Gasteiger charge is 2.34. The average molecular weight is 1430 g/mol. The van der Waals surface area contributed by atoms with Crippen LogP contribution < -0.4 is 26.6 Å². The molecular weight excluding hydrogens is 1320 g/mol. The SMILES string of the molecule is O=C(O)CCOCCNC(=O)CCOCC(COCCC(=O)NCCOCCC(=O)O)(COCCC(=O)NCCOCCC(=O)O)NC(=O)CCOCCOCCOCCOCCOCCOCCOCCOCCOCCOCCOCCOCCNC(=O)CCN1C(=O)C=CC1=O. The first kappa shape index (κ1) is 90.9. The summed E-state index contributed by atoms with van der Waals surface area (Å²) in [4.78, 5) is 119. The molecule has 0 aromatic carbocycles. The summed E-state index contributed by atoms with van der Waals surface area (Å²) in [5.41, 5.74) is -1.42. The fraction of sp³-hybridized carbons (Fsp3) is 0.806. The van der Waals surface area contributed by atoms with E-state index >= 15 is 0 Å². The number of aliphatic carboxylic acids is 3. The number of nitrogens with one attached hydrogen (secondary N) is 5. The highest BCUT2D eigenvalue weighted by Crippen LogP contribution is 2.12. The molecule has 0 aromatic heterocycles. The van der Waals surface area contributed by atoms with E-state index in [1.807, 2.05) is 0 Å². The van der Waals surface area contributed by atoms with Crippen LogP contribution in [-0.4, -0.2) is 356 Å². The second-order valence-electron chi connectivity index (χ2n) is 20.9. The van der Waals surface area contributed by atoms with Crippen molar-refractivity contribution in [3.63, 3.8) is 0 Å². The number of carbonyl (C=O) groups is 10. The standard InChI is InChI=1S/C62H108N6O31/c69-52(3-15-68-57(74)1-2-58(68)75)63-14-26-86-28-30-88-32-34-90-36-38-92-40-42-94-44-46-96-48-47-95-45-43-93-41-39-91-37-35-89-33-31-87-29-27-85-16-7-56(73)67-62(49-97-17-4-53(70)64-11-23-82-20-8-59(76)77,50-98-18-5-54(71)65-12-24-83-21-9-60(78)79)51-99-19-6-55(72)66-13-25-84-22-10-61(80)81/h1-2H,3-51H2,(H,63,69)(H,64,70)(H,65,71)(H,66,72)(H,67,73)(H,76,77)(H,78,79)(H,80,81). The Morgan fingerprint density at radius 1 is 0.273 bits per heavy atom. The largest absolute Gasteiger partial charge is 0.481 e. The zero-order valence-corrected chi connectivity index (χ0v) is 57.0. The van der Waals surface area contributed by atoms with Crippen LogP contribution >= 0.6 is 0 Å². The first-order valence-electron chi connectivity index (χ1n) is 33.1. The number of imide groups is 1. The maximum Gasteiger partial charge on any atom is 0.305 e. The van der Waals surface area contributed by atoms with E-state index < -0.39 is 41.2 Å². The lowest BCUT2D eigenvalue weighted by Gasteiger charge is -2.34. The molecular formula is C62H108N6O31. The minimum Gasteiger partial charge on any atom is -0.481 e. The normalized spacial score (nSPS) is 12.1. The monoisotopic (exact) mass is 1430 g/mol. The number of ether oxygens (including phenoxy) is 18. The van der Waals surface area contributed by atoms with Crippen LogP contribution in [0, 0.1) is 0 Å². The van der Waals surface area contributed by atoms with Gasteiger partial charge in [0.1, 0.15) is 5.54 Å². The lowest BCUT2D eigenvalue weighted by Crippen LogP contribution is -2.59. The smallest absolute Gasteiger partial charge is 0.305 e. The molecule has 0 saturated heterocycles. The highest BCUT2D eigenvalue weighted by molar-refractivity contribution is 6.13. The van der Waals surface area contributed by atoms with Crippen molar-refractivity contribution in [2.75, 3.05) is 271 Å². The van der Waals surface area contributed by atoms with Gasteiger partial charge in [-0.15, -0.1) is 0 Å². The molecule has 1 rings (SSSR count). The molecule has 0 unspecified atom stereocenters. The van der Waals surface area contributed by atoms with E-state index in [9.17, 15) is 47.9 Å². The zero-order chi connectivity index (χ0) is 72.2. The Morgan fingerprint density at radius 2 is 0.475 bits per heavy atom. The number of hydrogen-bond donors (Lipinski definition) is 8. The lowest BCUT2D eigenvalue weighted by molar-refractivity contribution is -0.139. The van der Waals surface area contributed by atoms with Crippen LogP contribution in [0.15, 0.2) is 12.2 Å². The summed E-state index contributed by atoms with van der Waals surface area (Å²) in [5, 5.41) is 39.8. The molecule has 7 amide bonds. The molecule has 99 heavy (non-hydrogen) atoms. The van der Waals surface area contributed by atoms with Gasteiger partial charge in [0.15, 0.2) is 0 Å². The number of amides is 7. The van der Waals surface area contributed by atoms with Gasteiger partial charge in [-0.3, -0.25) is 52.8 Å². The number of carboxylic acid groups (broad SMARTS) is 3. The van der Waals surface area contributed by atoms with Crippen LogP contribution in [0.3, 0.4) is 0 Å². The van der Waals surface area contributed by atoms with Gasteiger partial charge < -0.3 is 127 Å². The van der Waals surface area contributed by atoms with Crippen molar-refractivity contribution < 1.29 is 149 Å². The predicted molar refractivity (Wildman–Crippen MR) is 343 cm³/mol. The zero-order valence-electron chi connectivity index (χ0n) is 57.0. The van der Waals surface area contributed by atoms with Crippen LogP contribution in [0.25, 0.3) is 0 Å². The summed E-state index contributed by atoms with van der Waals surface area (Å²) in [6.45, 7) is 8.31. The van der Waals surface area contributed by atoms with E-state index in [0.29, 0.717) is 139 Å². The molecule has 37 heteroatoms. The minimum atomic E-state index is -1.42. The molecule has 0 radical (unpaired) electrons. The summed E-state index contributed by atoms with van der Waals surface area (Å²) < 4.78 is 99.5. The van der Waals surface area contributed by atoms with Crippen LogP contribution in [0.4, 0.5) is 0 Å². The molecule has 0 bridgehead atoms. The molecule has 0 aromatic rings. The number of hydrogen-bond acceptors (Lipinski definition) is 28. The van der Waals surface area contributed by atoms with Gasteiger partial charge >= 0.3 is 17.9 Å². The summed E-state index contributed by atoms with van der Waals surface area (Å²) in [6.07, 6.45) is 1.44. The van der Waals surface area contributed by atoms with Crippen molar-refractivity contribution in [3.05, 3.63) is 12.2 Å². The van der Waals surface area contributed by atoms with Crippen LogP contribution in [0.2, 0.25) is 0 Å². The Morgan fingerprint density at radius 3 is 0.737 bits per heavy atom. The third-order valence-electron chi connectivity index (χ3n) is 12.6. The average Bonchev–Trinajstić information content (AvgIpc) is 1.69. The summed E-state index contributed by atoms with van der Waals surface area (Å²) in [7, 11) is 0. The second kappa shape index (κ2) is 66.5. The molecule has 37 nitrogen and oxygen atoms in total. The Balaban J connectivity index is 2.22. The topological polar surface area (TPSA) is 461 Å². The van der Waals surface area contributed by atoms with Crippen LogP contribution in [-0.2, 0) is 133 Å². The van der Waals surface area contributed by atoms with Crippen molar-refractivity contribution in [1.82, 2.24) is 31.5 Å². The molecule has 1 heterocycles. The number of carbonyl (C=O) groups excluding carboxylic acids is 7. The van der Waals surface area contributed by atoms with Crippen molar-refractivity contribution in [2.24, 2.45) is 0 Å². The fourth-order valence-electron chi connectivity index (χ4n) is 7.63. The van der Waals surface area contributed by atoms with Gasteiger partial charge in [0.2, 0.25) is 29.5 Å². The van der Waals surface area contributed by atoms with Crippen LogP contribution in [0.1, 0.15) is 51.4 Å². The summed E-state index contributed by atoms with van der Waals surface area (Å²) in [5.74, 6) is -5.80. The van der Waals surface area contributed by atoms with Crippen molar-refractivity contribution in [3.8, 4) is 0 Å². The number of nitrogens with zero attached hydrogens (tertiary/aromatic N) is 1. The molecule has 0 aliphatic carbocycles. The molecule has 572 valence electrons. The van der Waals surface area contributed by atoms with E-state index in [0.717, 1.165) is 4.90 Å². The van der Waals surface area contributed by atoms with E-state index in [1.165, 1.54) is 12.2 Å².